The average Bonchev–Trinajstić information content (AvgIpc) is 1.38. The van der Waals surface area contributed by atoms with Crippen molar-refractivity contribution >= 4 is 12.4 Å². The molecule has 0 heterocycles. The van der Waals surface area contributed by atoms with Gasteiger partial charge in [0.25, 0.3) is 0 Å². The van der Waals surface area contributed by atoms with Gasteiger partial charge in [0.1, 0.15) is 0 Å². The molecule has 0 fully saturated rings. The maximum Gasteiger partial charge on any atom is 0.000781 e. The Kier molecular flexibility index (Phi) is 21.3. The van der Waals surface area contributed by atoms with Gasteiger partial charge < -0.3 is 11.2 Å². The van der Waals surface area contributed by atoms with Gasteiger partial charge in [0.05, 0.1) is 0 Å². The second-order valence-corrected chi connectivity index (χ2v) is 1.39. The number of hydrogen-bond acceptors (Lipinski definition) is 1. The van der Waals surface area contributed by atoms with Gasteiger partial charge in [-0.3, -0.25) is 0 Å². The summed E-state index contributed by atoms with van der Waals surface area (Å²) in [6.45, 7) is 4.07. The van der Waals surface area contributed by atoms with Gasteiger partial charge in [-0.1, -0.05) is 6.92 Å². The second-order valence-electron chi connectivity index (χ2n) is 1.39. The summed E-state index contributed by atoms with van der Waals surface area (Å²) < 4.78 is 0. The van der Waals surface area contributed by atoms with Gasteiger partial charge in [-0.05, 0) is 13.3 Å². The fourth-order valence-electron chi connectivity index (χ4n) is 0. The molecule has 0 aliphatic rings. The molecule has 0 aliphatic heterocycles. The third-order valence-electron chi connectivity index (χ3n) is 0.644. The van der Waals surface area contributed by atoms with Gasteiger partial charge in [-0.25, -0.2) is 0 Å². The largest absolute Gasteiger partial charge is 0.412 e. The predicted molar refractivity (Wildman–Crippen MR) is 34.8 cm³/mol. The van der Waals surface area contributed by atoms with Crippen molar-refractivity contribution in [3.8, 4) is 0 Å². The summed E-state index contributed by atoms with van der Waals surface area (Å²) in [5, 5.41) is 0. The Balaban J connectivity index is -0.0000000800. The van der Waals surface area contributed by atoms with Gasteiger partial charge in [0.15, 0.2) is 0 Å². The van der Waals surface area contributed by atoms with Crippen molar-refractivity contribution < 1.29 is 5.48 Å². The van der Waals surface area contributed by atoms with Crippen LogP contribution < -0.4 is 5.73 Å². The van der Waals surface area contributed by atoms with Crippen molar-refractivity contribution in [2.75, 3.05) is 0 Å². The summed E-state index contributed by atoms with van der Waals surface area (Å²) in [5.41, 5.74) is 5.29. The van der Waals surface area contributed by atoms with Crippen LogP contribution >= 0.6 is 12.4 Å². The van der Waals surface area contributed by atoms with Crippen LogP contribution in [0.4, 0.5) is 0 Å². The molecule has 0 saturated heterocycles. The average molecular weight is 128 g/mol. The van der Waals surface area contributed by atoms with Crippen LogP contribution in [0.25, 0.3) is 0 Å². The van der Waals surface area contributed by atoms with Crippen molar-refractivity contribution in [1.29, 1.82) is 0 Å². The molecule has 0 saturated carbocycles. The van der Waals surface area contributed by atoms with Crippen molar-refractivity contribution in [3.05, 3.63) is 0 Å². The molecule has 0 radical (unpaired) electrons. The third-order valence-corrected chi connectivity index (χ3v) is 0.644. The van der Waals surface area contributed by atoms with Gasteiger partial charge >= 0.3 is 0 Å². The highest BCUT2D eigenvalue weighted by molar-refractivity contribution is 5.85. The van der Waals surface area contributed by atoms with E-state index in [2.05, 4.69) is 6.92 Å². The minimum atomic E-state index is 0. The molecular weight excluding hydrogens is 114 g/mol. The van der Waals surface area contributed by atoms with Crippen LogP contribution in [0.5, 0.6) is 0 Å². The van der Waals surface area contributed by atoms with Crippen molar-refractivity contribution in [3.63, 3.8) is 0 Å². The molecule has 2 nitrogen and oxygen atoms in total. The summed E-state index contributed by atoms with van der Waals surface area (Å²) in [5.74, 6) is 0. The summed E-state index contributed by atoms with van der Waals surface area (Å²) >= 11 is 0. The van der Waals surface area contributed by atoms with E-state index < -0.39 is 0 Å². The molecule has 0 rings (SSSR count). The number of hydrogen-bond donors (Lipinski definition) is 1. The third kappa shape index (κ3) is 22.5. The van der Waals surface area contributed by atoms with Crippen LogP contribution in [0.2, 0.25) is 0 Å². The van der Waals surface area contributed by atoms with E-state index >= 15 is 0 Å². The summed E-state index contributed by atoms with van der Waals surface area (Å²) in [7, 11) is 0. The Bertz CT molecular complexity index is 25.7. The van der Waals surface area contributed by atoms with Crippen LogP contribution in [0, 0.1) is 0 Å². The molecule has 3 heteroatoms. The van der Waals surface area contributed by atoms with Gasteiger partial charge in [-0.15, -0.1) is 12.4 Å². The lowest BCUT2D eigenvalue weighted by molar-refractivity contribution is 0.715. The summed E-state index contributed by atoms with van der Waals surface area (Å²) in [6.07, 6.45) is 1.08. The first-order valence-corrected chi connectivity index (χ1v) is 2.03. The van der Waals surface area contributed by atoms with Crippen LogP contribution in [-0.4, -0.2) is 11.5 Å². The van der Waals surface area contributed by atoms with E-state index in [1.54, 1.807) is 0 Å². The molecular formula is C4H14ClNO. The number of nitrogens with two attached hydrogens (primary N) is 1. The number of halogens is 1. The molecule has 0 aromatic carbocycles. The van der Waals surface area contributed by atoms with Crippen LogP contribution in [0.15, 0.2) is 0 Å². The molecule has 7 heavy (non-hydrogen) atoms. The molecule has 0 bridgehead atoms. The van der Waals surface area contributed by atoms with E-state index in [-0.39, 0.29) is 17.9 Å². The molecule has 0 aromatic heterocycles. The van der Waals surface area contributed by atoms with Crippen LogP contribution in [0.3, 0.4) is 0 Å². The zero-order valence-electron chi connectivity index (χ0n) is 4.77. The smallest absolute Gasteiger partial charge is 0.000781 e. The lowest BCUT2D eigenvalue weighted by Gasteiger charge is -1.91. The van der Waals surface area contributed by atoms with E-state index in [1.165, 1.54) is 0 Å². The Hall–Kier alpha value is 0.210. The highest BCUT2D eigenvalue weighted by Crippen LogP contribution is 1.77. The summed E-state index contributed by atoms with van der Waals surface area (Å²) in [6, 6.07) is 0.384. The SMILES string of the molecule is CCC(C)N.Cl.O. The highest BCUT2D eigenvalue weighted by atomic mass is 35.5. The Morgan fingerprint density at radius 2 is 1.71 bits per heavy atom. The first-order valence-electron chi connectivity index (χ1n) is 2.03. The molecule has 1 atom stereocenters. The van der Waals surface area contributed by atoms with E-state index in [4.69, 9.17) is 5.73 Å². The molecule has 48 valence electrons. The maximum absolute atomic E-state index is 5.29. The topological polar surface area (TPSA) is 57.5 Å². The molecule has 4 N–H and O–H groups in total. The molecule has 0 aromatic rings. The minimum absolute atomic E-state index is 0. The maximum atomic E-state index is 5.29. The Morgan fingerprint density at radius 3 is 1.71 bits per heavy atom. The van der Waals surface area contributed by atoms with Gasteiger partial charge in [-0.2, -0.15) is 0 Å². The molecule has 0 spiro atoms. The molecule has 1 unspecified atom stereocenters. The fraction of sp³-hybridized carbons (Fsp3) is 1.00. The normalized spacial score (nSPS) is 10.7. The van der Waals surface area contributed by atoms with Gasteiger partial charge in [0, 0.05) is 6.04 Å². The first kappa shape index (κ1) is 15.7. The predicted octanol–water partition coefficient (Wildman–Crippen LogP) is 0.341. The van der Waals surface area contributed by atoms with E-state index in [0.29, 0.717) is 6.04 Å². The molecule has 0 aliphatic carbocycles. The quantitative estimate of drug-likeness (QED) is 0.543. The Morgan fingerprint density at radius 1 is 1.57 bits per heavy atom. The lowest BCUT2D eigenvalue weighted by atomic mass is 10.3. The first-order chi connectivity index (χ1) is 2.27. The van der Waals surface area contributed by atoms with Crippen molar-refractivity contribution in [2.45, 2.75) is 26.3 Å². The minimum Gasteiger partial charge on any atom is -0.412 e. The zero-order chi connectivity index (χ0) is 4.28. The van der Waals surface area contributed by atoms with Gasteiger partial charge in [0.2, 0.25) is 0 Å². The van der Waals surface area contributed by atoms with Crippen LogP contribution in [-0.2, 0) is 0 Å². The summed E-state index contributed by atoms with van der Waals surface area (Å²) in [4.78, 5) is 0. The number of rotatable bonds is 1. The Labute approximate surface area is 50.8 Å². The van der Waals surface area contributed by atoms with Crippen molar-refractivity contribution in [1.82, 2.24) is 0 Å². The standard InChI is InChI=1S/C4H11N.ClH.H2O/c1-3-4(2)5;;/h4H,3,5H2,1-2H3;1H;1H2. The van der Waals surface area contributed by atoms with E-state index in [1.807, 2.05) is 6.92 Å². The monoisotopic (exact) mass is 127 g/mol. The van der Waals surface area contributed by atoms with Crippen molar-refractivity contribution in [2.24, 2.45) is 5.73 Å². The lowest BCUT2D eigenvalue weighted by Crippen LogP contribution is -2.11. The second kappa shape index (κ2) is 9.51. The molecule has 0 amide bonds. The van der Waals surface area contributed by atoms with E-state index in [9.17, 15) is 0 Å². The fourth-order valence-corrected chi connectivity index (χ4v) is 0. The highest BCUT2D eigenvalue weighted by Gasteiger charge is 1.79. The zero-order valence-corrected chi connectivity index (χ0v) is 5.59. The van der Waals surface area contributed by atoms with Crippen LogP contribution in [0.1, 0.15) is 20.3 Å². The van der Waals surface area contributed by atoms with E-state index in [0.717, 1.165) is 6.42 Å².